The van der Waals surface area contributed by atoms with E-state index >= 15 is 0 Å². The van der Waals surface area contributed by atoms with Crippen LogP contribution in [0.25, 0.3) is 0 Å². The number of hydrogen-bond donors (Lipinski definition) is 0. The van der Waals surface area contributed by atoms with Crippen LogP contribution < -0.4 is 0 Å². The van der Waals surface area contributed by atoms with Crippen LogP contribution in [0.5, 0.6) is 0 Å². The molecule has 0 aromatic carbocycles. The molecule has 2 saturated carbocycles. The number of rotatable bonds is 11. The predicted octanol–water partition coefficient (Wildman–Crippen LogP) is 6.65. The van der Waals surface area contributed by atoms with Gasteiger partial charge in [0.05, 0.1) is 19.3 Å². The molecule has 2 unspecified atom stereocenters. The fourth-order valence-corrected chi connectivity index (χ4v) is 7.17. The van der Waals surface area contributed by atoms with Crippen LogP contribution in [0.15, 0.2) is 36.0 Å². The summed E-state index contributed by atoms with van der Waals surface area (Å²) in [7, 11) is 1.45. The Morgan fingerprint density at radius 1 is 1.03 bits per heavy atom. The van der Waals surface area contributed by atoms with Gasteiger partial charge in [0, 0.05) is 25.6 Å². The van der Waals surface area contributed by atoms with Crippen molar-refractivity contribution in [3.63, 3.8) is 0 Å². The molecule has 6 nitrogen and oxygen atoms in total. The molecule has 0 radical (unpaired) electrons. The zero-order chi connectivity index (χ0) is 26.2. The first kappa shape index (κ1) is 28.1. The highest BCUT2D eigenvalue weighted by Crippen LogP contribution is 2.49. The highest BCUT2D eigenvalue weighted by Gasteiger charge is 2.45. The minimum Gasteiger partial charge on any atom is -0.469 e. The molecule has 0 N–H and O–H groups in total. The monoisotopic (exact) mass is 528 g/mol. The number of methoxy groups -OCH3 is 1. The molecule has 3 aliphatic carbocycles. The first-order valence-electron chi connectivity index (χ1n) is 15.4. The number of carbonyl (C=O) groups is 1. The van der Waals surface area contributed by atoms with Crippen molar-refractivity contribution in [3.8, 4) is 0 Å². The lowest BCUT2D eigenvalue weighted by Gasteiger charge is -2.31. The maximum atomic E-state index is 11.4. The van der Waals surface area contributed by atoms with E-state index in [1.54, 1.807) is 0 Å². The van der Waals surface area contributed by atoms with Gasteiger partial charge in [0.25, 0.3) is 0 Å². The number of fused-ring (bicyclic) bond motifs is 1. The molecule has 4 fully saturated rings. The van der Waals surface area contributed by atoms with E-state index in [2.05, 4.69) is 30.4 Å². The Morgan fingerprint density at radius 2 is 1.76 bits per heavy atom. The van der Waals surface area contributed by atoms with Crippen molar-refractivity contribution in [2.75, 3.05) is 20.3 Å². The third-order valence-corrected chi connectivity index (χ3v) is 9.25. The Kier molecular flexibility index (Phi) is 10.5. The van der Waals surface area contributed by atoms with E-state index in [4.69, 9.17) is 23.7 Å². The average Bonchev–Trinajstić information content (AvgIpc) is 3.68. The van der Waals surface area contributed by atoms with Crippen LogP contribution in [0.2, 0.25) is 0 Å². The van der Waals surface area contributed by atoms with Crippen molar-refractivity contribution < 1.29 is 28.5 Å². The van der Waals surface area contributed by atoms with E-state index in [0.29, 0.717) is 30.1 Å². The molecular weight excluding hydrogens is 480 g/mol. The number of carbonyl (C=O) groups excluding carboxylic acids is 1. The molecule has 38 heavy (non-hydrogen) atoms. The van der Waals surface area contributed by atoms with Crippen LogP contribution in [0, 0.1) is 23.7 Å². The van der Waals surface area contributed by atoms with Crippen LogP contribution in [0.3, 0.4) is 0 Å². The Balaban J connectivity index is 1.27. The van der Waals surface area contributed by atoms with Gasteiger partial charge in [0.15, 0.2) is 12.6 Å². The third kappa shape index (κ3) is 7.59. The summed E-state index contributed by atoms with van der Waals surface area (Å²) in [5, 5.41) is 0. The molecule has 0 bridgehead atoms. The van der Waals surface area contributed by atoms with Gasteiger partial charge < -0.3 is 23.7 Å². The third-order valence-electron chi connectivity index (χ3n) is 9.25. The van der Waals surface area contributed by atoms with E-state index < -0.39 is 0 Å². The lowest BCUT2D eigenvalue weighted by molar-refractivity contribution is -0.193. The second-order valence-corrected chi connectivity index (χ2v) is 11.9. The molecule has 5 aliphatic rings. The highest BCUT2D eigenvalue weighted by molar-refractivity contribution is 5.69. The molecule has 0 amide bonds. The average molecular weight is 529 g/mol. The van der Waals surface area contributed by atoms with Gasteiger partial charge in [-0.05, 0) is 88.4 Å². The van der Waals surface area contributed by atoms with E-state index in [1.165, 1.54) is 51.2 Å². The van der Waals surface area contributed by atoms with Gasteiger partial charge in [-0.15, -0.1) is 0 Å². The SMILES string of the molecule is COC(=O)CCC=CC1=C[C@H]2C[C@@H](OC3CCCCO3)[C@@H](/C=C\[C@@H](OC3CCCCO3)C3CCCC3)[C@H]2C1. The lowest BCUT2D eigenvalue weighted by atomic mass is 9.88. The summed E-state index contributed by atoms with van der Waals surface area (Å²) in [6.07, 6.45) is 26.8. The van der Waals surface area contributed by atoms with E-state index in [0.717, 1.165) is 58.2 Å². The summed E-state index contributed by atoms with van der Waals surface area (Å²) in [5.74, 6) is 1.84. The second kappa shape index (κ2) is 14.2. The Morgan fingerprint density at radius 3 is 2.47 bits per heavy atom. The maximum absolute atomic E-state index is 11.4. The number of allylic oxidation sites excluding steroid dienone is 4. The van der Waals surface area contributed by atoms with Crippen LogP contribution in [-0.4, -0.2) is 51.1 Å². The lowest BCUT2D eigenvalue weighted by Crippen LogP contribution is -2.32. The molecule has 2 aliphatic heterocycles. The summed E-state index contributed by atoms with van der Waals surface area (Å²) >= 11 is 0. The summed E-state index contributed by atoms with van der Waals surface area (Å²) in [6, 6.07) is 0. The highest BCUT2D eigenvalue weighted by atomic mass is 16.7. The zero-order valence-corrected chi connectivity index (χ0v) is 23.3. The smallest absolute Gasteiger partial charge is 0.305 e. The Hall–Kier alpha value is -1.47. The van der Waals surface area contributed by atoms with Gasteiger partial charge in [0.2, 0.25) is 0 Å². The van der Waals surface area contributed by atoms with E-state index in [1.807, 2.05) is 0 Å². The molecule has 6 heteroatoms. The Labute approximate surface area is 229 Å². The fourth-order valence-electron chi connectivity index (χ4n) is 7.17. The van der Waals surface area contributed by atoms with Crippen molar-refractivity contribution >= 4 is 5.97 Å². The summed E-state index contributed by atoms with van der Waals surface area (Å²) < 4.78 is 30.0. The first-order chi connectivity index (χ1) is 18.7. The van der Waals surface area contributed by atoms with Crippen LogP contribution in [0.4, 0.5) is 0 Å². The molecule has 0 spiro atoms. The first-order valence-corrected chi connectivity index (χ1v) is 15.4. The summed E-state index contributed by atoms with van der Waals surface area (Å²) in [4.78, 5) is 11.4. The van der Waals surface area contributed by atoms with Gasteiger partial charge in [-0.1, -0.05) is 48.8 Å². The molecule has 2 heterocycles. The number of ether oxygens (including phenoxy) is 5. The standard InChI is InChI=1S/C32H48O6/c1-34-30(33)13-5-2-10-23-20-25-22-29(38-32-15-7-9-19-36-32)26(27(25)21-23)16-17-28(24-11-3-4-12-24)37-31-14-6-8-18-35-31/h2,10,16-17,20,24-29,31-32H,3-9,11-15,18-19,21-22H2,1H3/b10-2?,17-16-/t25-,26-,27-,28+,29+,31?,32?/m0/s1. The van der Waals surface area contributed by atoms with Crippen molar-refractivity contribution in [1.29, 1.82) is 0 Å². The summed E-state index contributed by atoms with van der Waals surface area (Å²) in [5.41, 5.74) is 1.38. The van der Waals surface area contributed by atoms with Crippen LogP contribution >= 0.6 is 0 Å². The van der Waals surface area contributed by atoms with Crippen molar-refractivity contribution in [2.45, 2.75) is 115 Å². The molecular formula is C32H48O6. The van der Waals surface area contributed by atoms with Crippen molar-refractivity contribution in [3.05, 3.63) is 36.0 Å². The molecule has 2 saturated heterocycles. The number of hydrogen-bond acceptors (Lipinski definition) is 6. The molecule has 212 valence electrons. The van der Waals surface area contributed by atoms with E-state index in [-0.39, 0.29) is 30.8 Å². The number of esters is 1. The quantitative estimate of drug-likeness (QED) is 0.221. The largest absolute Gasteiger partial charge is 0.469 e. The topological polar surface area (TPSA) is 63.2 Å². The predicted molar refractivity (Wildman–Crippen MR) is 146 cm³/mol. The normalized spacial score (nSPS) is 35.1. The van der Waals surface area contributed by atoms with Gasteiger partial charge in [-0.25, -0.2) is 0 Å². The summed E-state index contributed by atoms with van der Waals surface area (Å²) in [6.45, 7) is 1.63. The van der Waals surface area contributed by atoms with Gasteiger partial charge >= 0.3 is 5.97 Å². The molecule has 7 atom stereocenters. The fraction of sp³-hybridized carbons (Fsp3) is 0.781. The minimum atomic E-state index is -0.153. The molecule has 0 aromatic heterocycles. The zero-order valence-electron chi connectivity index (χ0n) is 23.3. The van der Waals surface area contributed by atoms with Crippen LogP contribution in [-0.2, 0) is 28.5 Å². The maximum Gasteiger partial charge on any atom is 0.305 e. The van der Waals surface area contributed by atoms with Crippen LogP contribution in [0.1, 0.15) is 89.9 Å². The minimum absolute atomic E-state index is 0.0621. The van der Waals surface area contributed by atoms with Crippen molar-refractivity contribution in [2.24, 2.45) is 23.7 Å². The molecule has 5 rings (SSSR count). The van der Waals surface area contributed by atoms with Gasteiger partial charge in [-0.3, -0.25) is 4.79 Å². The molecule has 0 aromatic rings. The van der Waals surface area contributed by atoms with Gasteiger partial charge in [-0.2, -0.15) is 0 Å². The Bertz CT molecular complexity index is 831. The van der Waals surface area contributed by atoms with Gasteiger partial charge in [0.1, 0.15) is 0 Å². The van der Waals surface area contributed by atoms with E-state index in [9.17, 15) is 4.79 Å². The van der Waals surface area contributed by atoms with Crippen molar-refractivity contribution in [1.82, 2.24) is 0 Å². The second-order valence-electron chi connectivity index (χ2n) is 11.9.